The molecule has 0 aromatic heterocycles. The highest BCUT2D eigenvalue weighted by atomic mass is 35.5. The Balaban J connectivity index is 1.96. The van der Waals surface area contributed by atoms with E-state index in [4.69, 9.17) is 26.2 Å². The van der Waals surface area contributed by atoms with Crippen LogP contribution < -0.4 is 4.74 Å². The number of carbonyl (C=O) groups is 1. The van der Waals surface area contributed by atoms with Gasteiger partial charge in [0.1, 0.15) is 12.4 Å². The average molecular weight is 283 g/mol. The summed E-state index contributed by atoms with van der Waals surface area (Å²) in [5.74, 6) is -0.403. The Labute approximate surface area is 116 Å². The van der Waals surface area contributed by atoms with E-state index in [0.717, 1.165) is 31.1 Å². The second kappa shape index (κ2) is 6.59. The van der Waals surface area contributed by atoms with Gasteiger partial charge in [-0.15, -0.1) is 0 Å². The maximum Gasteiger partial charge on any atom is 0.328 e. The third-order valence-corrected chi connectivity index (χ3v) is 3.12. The van der Waals surface area contributed by atoms with E-state index < -0.39 is 5.97 Å². The van der Waals surface area contributed by atoms with Crippen molar-refractivity contribution < 1.29 is 19.4 Å². The zero-order chi connectivity index (χ0) is 13.7. The number of rotatable bonds is 5. The minimum atomic E-state index is -0.991. The van der Waals surface area contributed by atoms with Gasteiger partial charge < -0.3 is 14.6 Å². The van der Waals surface area contributed by atoms with Gasteiger partial charge in [0, 0.05) is 12.7 Å². The van der Waals surface area contributed by atoms with Crippen LogP contribution in [0.15, 0.2) is 24.3 Å². The van der Waals surface area contributed by atoms with E-state index in [0.29, 0.717) is 17.4 Å². The van der Waals surface area contributed by atoms with Gasteiger partial charge >= 0.3 is 5.97 Å². The van der Waals surface area contributed by atoms with Gasteiger partial charge in [-0.25, -0.2) is 4.79 Å². The van der Waals surface area contributed by atoms with Gasteiger partial charge in [-0.1, -0.05) is 17.7 Å². The van der Waals surface area contributed by atoms with E-state index >= 15 is 0 Å². The Bertz CT molecular complexity index is 478. The van der Waals surface area contributed by atoms with Crippen LogP contribution in [0.25, 0.3) is 6.08 Å². The summed E-state index contributed by atoms with van der Waals surface area (Å²) in [4.78, 5) is 10.4. The SMILES string of the molecule is O=C(O)C=Cc1ccc(OCC2CCCO2)c(Cl)c1. The molecule has 0 aliphatic carbocycles. The van der Waals surface area contributed by atoms with Crippen LogP contribution in [0, 0.1) is 0 Å². The summed E-state index contributed by atoms with van der Waals surface area (Å²) in [5.41, 5.74) is 0.719. The van der Waals surface area contributed by atoms with Crippen LogP contribution in [0.1, 0.15) is 18.4 Å². The van der Waals surface area contributed by atoms with Gasteiger partial charge in [0.05, 0.1) is 11.1 Å². The second-order valence-corrected chi connectivity index (χ2v) is 4.71. The van der Waals surface area contributed by atoms with E-state index in [1.54, 1.807) is 18.2 Å². The van der Waals surface area contributed by atoms with Crippen molar-refractivity contribution >= 4 is 23.6 Å². The zero-order valence-electron chi connectivity index (χ0n) is 10.3. The van der Waals surface area contributed by atoms with Gasteiger partial charge in [-0.05, 0) is 36.6 Å². The van der Waals surface area contributed by atoms with Gasteiger partial charge in [0.2, 0.25) is 0 Å². The molecule has 19 heavy (non-hydrogen) atoms. The highest BCUT2D eigenvalue weighted by Crippen LogP contribution is 2.27. The van der Waals surface area contributed by atoms with E-state index in [1.807, 2.05) is 0 Å². The first-order chi connectivity index (χ1) is 9.15. The standard InChI is InChI=1S/C14H15ClO4/c15-12-8-10(4-6-14(16)17)3-5-13(12)19-9-11-2-1-7-18-11/h3-6,8,11H,1-2,7,9H2,(H,16,17). The normalized spacial score (nSPS) is 18.9. The zero-order valence-corrected chi connectivity index (χ0v) is 11.1. The molecule has 1 aliphatic rings. The Morgan fingerprint density at radius 2 is 2.42 bits per heavy atom. The molecule has 1 heterocycles. The topological polar surface area (TPSA) is 55.8 Å². The minimum Gasteiger partial charge on any atom is -0.489 e. The van der Waals surface area contributed by atoms with Gasteiger partial charge in [0.15, 0.2) is 0 Å². The van der Waals surface area contributed by atoms with Gasteiger partial charge in [-0.3, -0.25) is 0 Å². The van der Waals surface area contributed by atoms with Gasteiger partial charge in [0.25, 0.3) is 0 Å². The van der Waals surface area contributed by atoms with Crippen LogP contribution in [-0.4, -0.2) is 30.4 Å². The van der Waals surface area contributed by atoms with Crippen molar-refractivity contribution in [2.24, 2.45) is 0 Å². The maximum absolute atomic E-state index is 10.4. The Hall–Kier alpha value is -1.52. The fraction of sp³-hybridized carbons (Fsp3) is 0.357. The molecule has 1 atom stereocenters. The molecule has 0 amide bonds. The molecule has 5 heteroatoms. The largest absolute Gasteiger partial charge is 0.489 e. The van der Waals surface area contributed by atoms with Crippen molar-refractivity contribution in [2.75, 3.05) is 13.2 Å². The summed E-state index contributed by atoms with van der Waals surface area (Å²) < 4.78 is 11.1. The molecule has 0 bridgehead atoms. The number of ether oxygens (including phenoxy) is 2. The monoisotopic (exact) mass is 282 g/mol. The fourth-order valence-corrected chi connectivity index (χ4v) is 2.11. The molecule has 102 valence electrons. The quantitative estimate of drug-likeness (QED) is 0.844. The van der Waals surface area contributed by atoms with Crippen molar-refractivity contribution in [3.63, 3.8) is 0 Å². The van der Waals surface area contributed by atoms with Crippen molar-refractivity contribution in [1.29, 1.82) is 0 Å². The first kappa shape index (κ1) is 13.9. The van der Waals surface area contributed by atoms with Crippen LogP contribution in [-0.2, 0) is 9.53 Å². The summed E-state index contributed by atoms with van der Waals surface area (Å²) in [6.07, 6.45) is 4.77. The smallest absolute Gasteiger partial charge is 0.328 e. The highest BCUT2D eigenvalue weighted by Gasteiger charge is 2.16. The fourth-order valence-electron chi connectivity index (χ4n) is 1.86. The average Bonchev–Trinajstić information content (AvgIpc) is 2.88. The molecule has 1 fully saturated rings. The molecule has 1 saturated heterocycles. The number of carboxylic acid groups (broad SMARTS) is 1. The van der Waals surface area contributed by atoms with Crippen molar-refractivity contribution in [1.82, 2.24) is 0 Å². The minimum absolute atomic E-state index is 0.141. The number of aliphatic carboxylic acids is 1. The third-order valence-electron chi connectivity index (χ3n) is 2.82. The first-order valence-electron chi connectivity index (χ1n) is 6.10. The van der Waals surface area contributed by atoms with Gasteiger partial charge in [-0.2, -0.15) is 0 Å². The lowest BCUT2D eigenvalue weighted by atomic mass is 10.2. The number of benzene rings is 1. The Morgan fingerprint density at radius 3 is 3.05 bits per heavy atom. The summed E-state index contributed by atoms with van der Waals surface area (Å²) in [6, 6.07) is 5.17. The highest BCUT2D eigenvalue weighted by molar-refractivity contribution is 6.32. The van der Waals surface area contributed by atoms with E-state index in [-0.39, 0.29) is 6.10 Å². The Morgan fingerprint density at radius 1 is 1.58 bits per heavy atom. The lowest BCUT2D eigenvalue weighted by molar-refractivity contribution is -0.131. The molecular formula is C14H15ClO4. The second-order valence-electron chi connectivity index (χ2n) is 4.31. The predicted octanol–water partition coefficient (Wildman–Crippen LogP) is 3.00. The maximum atomic E-state index is 10.4. The number of carboxylic acids is 1. The number of halogens is 1. The molecule has 1 N–H and O–H groups in total. The summed E-state index contributed by atoms with van der Waals surface area (Å²) in [5, 5.41) is 9.01. The molecule has 0 saturated carbocycles. The van der Waals surface area contributed by atoms with Crippen molar-refractivity contribution in [3.8, 4) is 5.75 Å². The van der Waals surface area contributed by atoms with E-state index in [1.165, 1.54) is 6.08 Å². The van der Waals surface area contributed by atoms with Crippen LogP contribution >= 0.6 is 11.6 Å². The number of hydrogen-bond acceptors (Lipinski definition) is 3. The van der Waals surface area contributed by atoms with Crippen LogP contribution in [0.2, 0.25) is 5.02 Å². The molecular weight excluding hydrogens is 268 g/mol. The predicted molar refractivity (Wildman–Crippen MR) is 72.6 cm³/mol. The molecule has 1 unspecified atom stereocenters. The molecule has 4 nitrogen and oxygen atoms in total. The molecule has 1 aromatic rings. The van der Waals surface area contributed by atoms with Crippen LogP contribution in [0.3, 0.4) is 0 Å². The first-order valence-corrected chi connectivity index (χ1v) is 6.48. The summed E-state index contributed by atoms with van der Waals surface area (Å²) >= 11 is 6.08. The number of hydrogen-bond donors (Lipinski definition) is 1. The molecule has 0 radical (unpaired) electrons. The van der Waals surface area contributed by atoms with E-state index in [9.17, 15) is 4.79 Å². The summed E-state index contributed by atoms with van der Waals surface area (Å²) in [7, 11) is 0. The Kier molecular flexibility index (Phi) is 4.82. The molecule has 0 spiro atoms. The van der Waals surface area contributed by atoms with Crippen LogP contribution in [0.5, 0.6) is 5.75 Å². The summed E-state index contributed by atoms with van der Waals surface area (Å²) in [6.45, 7) is 1.28. The van der Waals surface area contributed by atoms with E-state index in [2.05, 4.69) is 0 Å². The molecule has 1 aromatic carbocycles. The van der Waals surface area contributed by atoms with Crippen molar-refractivity contribution in [3.05, 3.63) is 34.9 Å². The van der Waals surface area contributed by atoms with Crippen LogP contribution in [0.4, 0.5) is 0 Å². The molecule has 1 aliphatic heterocycles. The van der Waals surface area contributed by atoms with Crippen molar-refractivity contribution in [2.45, 2.75) is 18.9 Å². The third kappa shape index (κ3) is 4.26. The lowest BCUT2D eigenvalue weighted by Gasteiger charge is -2.12. The molecule has 2 rings (SSSR count). The lowest BCUT2D eigenvalue weighted by Crippen LogP contribution is -2.16.